The normalized spacial score (nSPS) is 12.2. The zero-order valence-electron chi connectivity index (χ0n) is 20.8. The van der Waals surface area contributed by atoms with Crippen molar-refractivity contribution in [2.45, 2.75) is 18.0 Å². The monoisotopic (exact) mass is 590 g/mol. The standard InChI is InChI=1S/C26H19ClF4N6O2S/c1-15-34-24(26(29,30)31)14-36(15)25-21(28)11-18(17-4-3-5-20(10-17)40(38,39)32-2)12-22(25)37-23(13-33-35-37)16-6-8-19(27)9-7-16/h3-14,32H,1-2H3. The van der Waals surface area contributed by atoms with Crippen LogP contribution in [0.5, 0.6) is 0 Å². The molecule has 0 unspecified atom stereocenters. The van der Waals surface area contributed by atoms with Crippen molar-refractivity contribution < 1.29 is 26.0 Å². The maximum atomic E-state index is 16.0. The van der Waals surface area contributed by atoms with E-state index in [4.69, 9.17) is 11.6 Å². The quantitative estimate of drug-likeness (QED) is 0.252. The van der Waals surface area contributed by atoms with E-state index in [0.717, 1.165) is 10.6 Å². The second-order valence-corrected chi connectivity index (χ2v) is 11.0. The third-order valence-corrected chi connectivity index (χ3v) is 7.78. The molecule has 0 radical (unpaired) electrons. The molecule has 40 heavy (non-hydrogen) atoms. The molecule has 0 atom stereocenters. The molecule has 8 nitrogen and oxygen atoms in total. The molecule has 0 fully saturated rings. The summed E-state index contributed by atoms with van der Waals surface area (Å²) in [6.07, 6.45) is -2.64. The number of alkyl halides is 3. The van der Waals surface area contributed by atoms with E-state index in [1.54, 1.807) is 30.3 Å². The lowest BCUT2D eigenvalue weighted by molar-refractivity contribution is -0.141. The van der Waals surface area contributed by atoms with E-state index in [9.17, 15) is 21.6 Å². The van der Waals surface area contributed by atoms with Crippen LogP contribution in [-0.4, -0.2) is 40.0 Å². The van der Waals surface area contributed by atoms with Gasteiger partial charge in [-0.1, -0.05) is 41.1 Å². The van der Waals surface area contributed by atoms with Crippen LogP contribution in [-0.2, 0) is 16.2 Å². The fourth-order valence-electron chi connectivity index (χ4n) is 4.18. The summed E-state index contributed by atoms with van der Waals surface area (Å²) >= 11 is 6.02. The predicted octanol–water partition coefficient (Wildman–Crippen LogP) is 5.81. The van der Waals surface area contributed by atoms with Gasteiger partial charge in [0.05, 0.1) is 22.5 Å². The van der Waals surface area contributed by atoms with E-state index >= 15 is 4.39 Å². The molecule has 206 valence electrons. The molecule has 0 saturated carbocycles. The highest BCUT2D eigenvalue weighted by molar-refractivity contribution is 7.89. The van der Waals surface area contributed by atoms with Gasteiger partial charge in [-0.3, -0.25) is 4.57 Å². The van der Waals surface area contributed by atoms with Gasteiger partial charge in [-0.05, 0) is 61.5 Å². The Kier molecular flexibility index (Phi) is 6.98. The lowest BCUT2D eigenvalue weighted by Crippen LogP contribution is -2.18. The van der Waals surface area contributed by atoms with Crippen molar-refractivity contribution >= 4 is 21.6 Å². The number of hydrogen-bond acceptors (Lipinski definition) is 5. The average Bonchev–Trinajstić information content (AvgIpc) is 3.56. The number of aryl methyl sites for hydroxylation is 1. The van der Waals surface area contributed by atoms with Gasteiger partial charge in [-0.25, -0.2) is 27.2 Å². The second-order valence-electron chi connectivity index (χ2n) is 8.64. The third kappa shape index (κ3) is 5.10. The Morgan fingerprint density at radius 3 is 2.35 bits per heavy atom. The van der Waals surface area contributed by atoms with Crippen LogP contribution in [0.4, 0.5) is 17.6 Å². The maximum Gasteiger partial charge on any atom is 0.434 e. The molecule has 0 aliphatic rings. The summed E-state index contributed by atoms with van der Waals surface area (Å²) in [5.41, 5.74) is 0.171. The molecule has 0 aliphatic heterocycles. The maximum absolute atomic E-state index is 16.0. The summed E-state index contributed by atoms with van der Waals surface area (Å²) in [5, 5.41) is 8.54. The van der Waals surface area contributed by atoms with Gasteiger partial charge in [0.15, 0.2) is 5.69 Å². The number of imidazole rings is 1. The zero-order valence-corrected chi connectivity index (χ0v) is 22.4. The number of benzene rings is 3. The first kappa shape index (κ1) is 27.5. The molecular formula is C26H19ClF4N6O2S. The van der Waals surface area contributed by atoms with Gasteiger partial charge in [0, 0.05) is 16.8 Å². The first-order valence-electron chi connectivity index (χ1n) is 11.6. The first-order chi connectivity index (χ1) is 18.9. The van der Waals surface area contributed by atoms with Gasteiger partial charge in [-0.2, -0.15) is 13.2 Å². The van der Waals surface area contributed by atoms with Gasteiger partial charge in [0.25, 0.3) is 0 Å². The molecule has 14 heteroatoms. The summed E-state index contributed by atoms with van der Waals surface area (Å²) in [5.74, 6) is -1.02. The number of sulfonamides is 1. The summed E-state index contributed by atoms with van der Waals surface area (Å²) in [6.45, 7) is 1.32. The lowest BCUT2D eigenvalue weighted by Gasteiger charge is -2.17. The fourth-order valence-corrected chi connectivity index (χ4v) is 5.08. The van der Waals surface area contributed by atoms with Crippen LogP contribution in [0.1, 0.15) is 11.5 Å². The first-order valence-corrected chi connectivity index (χ1v) is 13.4. The minimum absolute atomic E-state index is 0.0357. The minimum atomic E-state index is -4.76. The van der Waals surface area contributed by atoms with Gasteiger partial charge in [-0.15, -0.1) is 5.10 Å². The lowest BCUT2D eigenvalue weighted by atomic mass is 10.0. The summed E-state index contributed by atoms with van der Waals surface area (Å²) < 4.78 is 85.7. The fraction of sp³-hybridized carbons (Fsp3) is 0.115. The van der Waals surface area contributed by atoms with Crippen molar-refractivity contribution in [1.29, 1.82) is 0 Å². The molecular weight excluding hydrogens is 572 g/mol. The number of halogens is 5. The van der Waals surface area contributed by atoms with Gasteiger partial charge in [0.1, 0.15) is 17.3 Å². The van der Waals surface area contributed by atoms with Crippen LogP contribution in [0.2, 0.25) is 5.02 Å². The Labute approximate surface area is 230 Å². The molecule has 0 saturated heterocycles. The van der Waals surface area contributed by atoms with E-state index in [1.807, 2.05) is 0 Å². The van der Waals surface area contributed by atoms with Gasteiger partial charge < -0.3 is 0 Å². The Hall–Kier alpha value is -4.07. The van der Waals surface area contributed by atoms with Crippen LogP contribution < -0.4 is 4.72 Å². The molecule has 0 spiro atoms. The van der Waals surface area contributed by atoms with Crippen LogP contribution in [0.15, 0.2) is 78.0 Å². The highest BCUT2D eigenvalue weighted by Gasteiger charge is 2.35. The van der Waals surface area contributed by atoms with Crippen LogP contribution in [0, 0.1) is 12.7 Å². The Balaban J connectivity index is 1.78. The summed E-state index contributed by atoms with van der Waals surface area (Å²) in [6, 6.07) is 15.1. The van der Waals surface area contributed by atoms with Crippen molar-refractivity contribution in [2.24, 2.45) is 0 Å². The van der Waals surface area contributed by atoms with Gasteiger partial charge in [0.2, 0.25) is 10.0 Å². The van der Waals surface area contributed by atoms with E-state index in [-0.39, 0.29) is 27.7 Å². The molecule has 0 bridgehead atoms. The second kappa shape index (κ2) is 10.2. The van der Waals surface area contributed by atoms with Crippen molar-refractivity contribution in [3.05, 3.63) is 95.4 Å². The zero-order chi connectivity index (χ0) is 28.8. The molecule has 5 rings (SSSR count). The Morgan fingerprint density at radius 1 is 0.975 bits per heavy atom. The predicted molar refractivity (Wildman–Crippen MR) is 140 cm³/mol. The molecule has 0 aliphatic carbocycles. The number of nitrogens with one attached hydrogen (secondary N) is 1. The molecule has 5 aromatic rings. The van der Waals surface area contributed by atoms with Crippen molar-refractivity contribution in [2.75, 3.05) is 7.05 Å². The highest BCUT2D eigenvalue weighted by Crippen LogP contribution is 2.36. The molecule has 2 heterocycles. The van der Waals surface area contributed by atoms with E-state index in [0.29, 0.717) is 28.0 Å². The van der Waals surface area contributed by atoms with E-state index in [1.165, 1.54) is 49.1 Å². The van der Waals surface area contributed by atoms with Crippen molar-refractivity contribution in [3.8, 4) is 33.8 Å². The smallest absolute Gasteiger partial charge is 0.299 e. The summed E-state index contributed by atoms with van der Waals surface area (Å²) in [7, 11) is -2.54. The Morgan fingerprint density at radius 2 is 1.70 bits per heavy atom. The van der Waals surface area contributed by atoms with Crippen molar-refractivity contribution in [3.63, 3.8) is 0 Å². The third-order valence-electron chi connectivity index (χ3n) is 6.12. The number of rotatable bonds is 6. The van der Waals surface area contributed by atoms with E-state index < -0.39 is 27.7 Å². The van der Waals surface area contributed by atoms with Crippen LogP contribution in [0.25, 0.3) is 33.8 Å². The van der Waals surface area contributed by atoms with Crippen LogP contribution in [0.3, 0.4) is 0 Å². The van der Waals surface area contributed by atoms with Crippen molar-refractivity contribution in [1.82, 2.24) is 29.3 Å². The Bertz CT molecular complexity index is 1830. The SMILES string of the molecule is CNS(=O)(=O)c1cccc(-c2cc(F)c(-n3cc(C(F)(F)F)nc3C)c(-n3nncc3-c3ccc(Cl)cc3)c2)c1. The number of hydrogen-bond donors (Lipinski definition) is 1. The highest BCUT2D eigenvalue weighted by atomic mass is 35.5. The molecule has 3 aromatic carbocycles. The molecule has 1 N–H and O–H groups in total. The molecule has 2 aromatic heterocycles. The number of aromatic nitrogens is 5. The van der Waals surface area contributed by atoms with Crippen LogP contribution >= 0.6 is 11.6 Å². The van der Waals surface area contributed by atoms with E-state index in [2.05, 4.69) is 20.0 Å². The number of nitrogens with zero attached hydrogens (tertiary/aromatic N) is 5. The molecule has 0 amide bonds. The average molecular weight is 591 g/mol. The topological polar surface area (TPSA) is 94.7 Å². The largest absolute Gasteiger partial charge is 0.434 e. The van der Waals surface area contributed by atoms with Gasteiger partial charge >= 0.3 is 6.18 Å². The minimum Gasteiger partial charge on any atom is -0.299 e. The summed E-state index contributed by atoms with van der Waals surface area (Å²) in [4.78, 5) is 3.52.